The maximum absolute atomic E-state index is 6.05. The third-order valence-electron chi connectivity index (χ3n) is 5.75. The summed E-state index contributed by atoms with van der Waals surface area (Å²) in [6.45, 7) is 6.58. The van der Waals surface area contributed by atoms with Crippen LogP contribution in [-0.4, -0.2) is 46.9 Å². The highest BCUT2D eigenvalue weighted by Gasteiger charge is 2.25. The largest absolute Gasteiger partial charge is 0.493 e. The monoisotopic (exact) mass is 523 g/mol. The van der Waals surface area contributed by atoms with E-state index < -0.39 is 0 Å². The Balaban J connectivity index is 0.00000256. The lowest BCUT2D eigenvalue weighted by atomic mass is 10.0. The summed E-state index contributed by atoms with van der Waals surface area (Å²) in [7, 11) is 1.98. The van der Waals surface area contributed by atoms with Crippen molar-refractivity contribution in [2.24, 2.45) is 23.9 Å². The van der Waals surface area contributed by atoms with E-state index in [-0.39, 0.29) is 24.0 Å². The Hall–Kier alpha value is -1.77. The van der Waals surface area contributed by atoms with E-state index in [2.05, 4.69) is 46.6 Å². The molecule has 1 saturated heterocycles. The second kappa shape index (κ2) is 11.0. The van der Waals surface area contributed by atoms with Crippen molar-refractivity contribution in [3.05, 3.63) is 47.8 Å². The minimum Gasteiger partial charge on any atom is -0.493 e. The van der Waals surface area contributed by atoms with Crippen molar-refractivity contribution in [1.82, 2.24) is 20.0 Å². The minimum absolute atomic E-state index is 0. The van der Waals surface area contributed by atoms with Gasteiger partial charge in [-0.15, -0.1) is 24.0 Å². The van der Waals surface area contributed by atoms with E-state index in [0.29, 0.717) is 12.5 Å². The van der Waals surface area contributed by atoms with E-state index in [1.165, 1.54) is 24.8 Å². The molecule has 0 radical (unpaired) electrons. The SMILES string of the molecule is CCNC(=NCc1ccccc1OCC1CC1)N1CCC(Cc2cnn(C)c2)C1.I. The molecule has 0 bridgehead atoms. The number of aliphatic imine (C=N–C) groups is 1. The van der Waals surface area contributed by atoms with Crippen molar-refractivity contribution in [3.63, 3.8) is 0 Å². The van der Waals surface area contributed by atoms with Crippen LogP contribution in [-0.2, 0) is 20.0 Å². The highest BCUT2D eigenvalue weighted by molar-refractivity contribution is 14.0. The molecule has 1 aromatic carbocycles. The number of nitrogens with zero attached hydrogens (tertiary/aromatic N) is 4. The highest BCUT2D eigenvalue weighted by atomic mass is 127. The summed E-state index contributed by atoms with van der Waals surface area (Å²) in [5, 5.41) is 7.78. The predicted octanol–water partition coefficient (Wildman–Crippen LogP) is 3.86. The predicted molar refractivity (Wildman–Crippen MR) is 131 cm³/mol. The Morgan fingerprint density at radius 2 is 2.07 bits per heavy atom. The number of benzene rings is 1. The van der Waals surface area contributed by atoms with Crippen molar-refractivity contribution in [2.75, 3.05) is 26.2 Å². The molecule has 1 N–H and O–H groups in total. The lowest BCUT2D eigenvalue weighted by Crippen LogP contribution is -2.40. The number of hydrogen-bond donors (Lipinski definition) is 1. The number of halogens is 1. The van der Waals surface area contributed by atoms with Crippen LogP contribution in [0.15, 0.2) is 41.7 Å². The zero-order valence-corrected chi connectivity index (χ0v) is 20.4. The Morgan fingerprint density at radius 1 is 1.23 bits per heavy atom. The van der Waals surface area contributed by atoms with Gasteiger partial charge in [0.25, 0.3) is 0 Å². The van der Waals surface area contributed by atoms with Crippen LogP contribution in [0.5, 0.6) is 5.75 Å². The summed E-state index contributed by atoms with van der Waals surface area (Å²) >= 11 is 0. The van der Waals surface area contributed by atoms with E-state index in [1.807, 2.05) is 24.0 Å². The first-order chi connectivity index (χ1) is 14.2. The second-order valence-electron chi connectivity index (χ2n) is 8.36. The smallest absolute Gasteiger partial charge is 0.194 e. The molecule has 0 spiro atoms. The maximum atomic E-state index is 6.05. The normalized spacial score (nSPS) is 18.9. The molecule has 2 fully saturated rings. The Kier molecular flexibility index (Phi) is 8.41. The topological polar surface area (TPSA) is 54.7 Å². The van der Waals surface area contributed by atoms with E-state index in [0.717, 1.165) is 55.9 Å². The van der Waals surface area contributed by atoms with Crippen molar-refractivity contribution in [2.45, 2.75) is 39.2 Å². The summed E-state index contributed by atoms with van der Waals surface area (Å²) in [4.78, 5) is 7.35. The number of rotatable bonds is 8. The quantitative estimate of drug-likeness (QED) is 0.325. The molecule has 30 heavy (non-hydrogen) atoms. The molecule has 2 heterocycles. The molecule has 2 aromatic rings. The Labute approximate surface area is 197 Å². The van der Waals surface area contributed by atoms with E-state index in [4.69, 9.17) is 9.73 Å². The van der Waals surface area contributed by atoms with Crippen LogP contribution < -0.4 is 10.1 Å². The number of likely N-dealkylation sites (tertiary alicyclic amines) is 1. The standard InChI is InChI=1S/C23H33N5O.HI/c1-3-24-23(28-11-10-19(16-28)12-20-13-26-27(2)15-20)25-14-21-6-4-5-7-22(21)29-17-18-8-9-18;/h4-7,13,15,18-19H,3,8-12,14,16-17H2,1-2H3,(H,24,25);1H. The van der Waals surface area contributed by atoms with Gasteiger partial charge >= 0.3 is 0 Å². The van der Waals surface area contributed by atoms with Gasteiger partial charge in [0.1, 0.15) is 5.75 Å². The molecule has 1 aliphatic heterocycles. The summed E-state index contributed by atoms with van der Waals surface area (Å²) in [6, 6.07) is 8.32. The fraction of sp³-hybridized carbons (Fsp3) is 0.565. The van der Waals surface area contributed by atoms with Gasteiger partial charge in [0.2, 0.25) is 0 Å². The van der Waals surface area contributed by atoms with Crippen molar-refractivity contribution >= 4 is 29.9 Å². The fourth-order valence-corrected chi connectivity index (χ4v) is 3.96. The van der Waals surface area contributed by atoms with Gasteiger partial charge in [0.15, 0.2) is 5.96 Å². The zero-order chi connectivity index (χ0) is 20.1. The van der Waals surface area contributed by atoms with Crippen LogP contribution >= 0.6 is 24.0 Å². The van der Waals surface area contributed by atoms with Gasteiger partial charge in [-0.2, -0.15) is 5.10 Å². The minimum atomic E-state index is 0. The van der Waals surface area contributed by atoms with Crippen LogP contribution in [0.1, 0.15) is 37.3 Å². The van der Waals surface area contributed by atoms with Crippen molar-refractivity contribution in [1.29, 1.82) is 0 Å². The number of hydrogen-bond acceptors (Lipinski definition) is 3. The van der Waals surface area contributed by atoms with Crippen molar-refractivity contribution in [3.8, 4) is 5.75 Å². The molecule has 1 aromatic heterocycles. The first-order valence-electron chi connectivity index (χ1n) is 10.9. The summed E-state index contributed by atoms with van der Waals surface area (Å²) in [6.07, 6.45) is 9.00. The van der Waals surface area contributed by atoms with Gasteiger partial charge in [-0.05, 0) is 56.1 Å². The lowest BCUT2D eigenvalue weighted by molar-refractivity contribution is 0.297. The average molecular weight is 523 g/mol. The van der Waals surface area contributed by atoms with E-state index in [9.17, 15) is 0 Å². The summed E-state index contributed by atoms with van der Waals surface area (Å²) in [5.41, 5.74) is 2.48. The molecule has 1 saturated carbocycles. The van der Waals surface area contributed by atoms with Gasteiger partial charge in [0, 0.05) is 38.4 Å². The molecule has 7 heteroatoms. The van der Waals surface area contributed by atoms with Gasteiger partial charge in [-0.25, -0.2) is 4.99 Å². The number of guanidine groups is 1. The molecule has 1 unspecified atom stereocenters. The fourth-order valence-electron chi connectivity index (χ4n) is 3.96. The van der Waals surface area contributed by atoms with Gasteiger partial charge < -0.3 is 15.0 Å². The Bertz CT molecular complexity index is 833. The van der Waals surface area contributed by atoms with Crippen LogP contribution in [0.2, 0.25) is 0 Å². The number of ether oxygens (including phenoxy) is 1. The molecule has 1 atom stereocenters. The van der Waals surface area contributed by atoms with Crippen LogP contribution in [0.3, 0.4) is 0 Å². The first-order valence-corrected chi connectivity index (χ1v) is 10.9. The molecule has 0 amide bonds. The number of aryl methyl sites for hydroxylation is 1. The van der Waals surface area contributed by atoms with Gasteiger partial charge in [0.05, 0.1) is 19.3 Å². The molecule has 2 aliphatic rings. The van der Waals surface area contributed by atoms with E-state index in [1.54, 1.807) is 0 Å². The zero-order valence-electron chi connectivity index (χ0n) is 18.1. The first kappa shape index (κ1) is 22.9. The second-order valence-corrected chi connectivity index (χ2v) is 8.36. The molecule has 6 nitrogen and oxygen atoms in total. The summed E-state index contributed by atoms with van der Waals surface area (Å²) in [5.74, 6) is 3.40. The molecule has 164 valence electrons. The van der Waals surface area contributed by atoms with Crippen molar-refractivity contribution < 1.29 is 4.74 Å². The van der Waals surface area contributed by atoms with Crippen LogP contribution in [0.25, 0.3) is 0 Å². The molecule has 1 aliphatic carbocycles. The van der Waals surface area contributed by atoms with Crippen LogP contribution in [0, 0.1) is 11.8 Å². The third kappa shape index (κ3) is 6.36. The number of para-hydroxylation sites is 1. The molecular weight excluding hydrogens is 489 g/mol. The third-order valence-corrected chi connectivity index (χ3v) is 5.75. The van der Waals surface area contributed by atoms with Gasteiger partial charge in [-0.3, -0.25) is 4.68 Å². The maximum Gasteiger partial charge on any atom is 0.194 e. The van der Waals surface area contributed by atoms with Gasteiger partial charge in [-0.1, -0.05) is 18.2 Å². The Morgan fingerprint density at radius 3 is 2.80 bits per heavy atom. The lowest BCUT2D eigenvalue weighted by Gasteiger charge is -2.22. The molecular formula is C23H34IN5O. The number of nitrogens with one attached hydrogen (secondary N) is 1. The average Bonchev–Trinajstić information content (AvgIpc) is 3.30. The highest BCUT2D eigenvalue weighted by Crippen LogP contribution is 2.30. The summed E-state index contributed by atoms with van der Waals surface area (Å²) < 4.78 is 7.94. The van der Waals surface area contributed by atoms with E-state index >= 15 is 0 Å². The molecule has 4 rings (SSSR count). The number of aromatic nitrogens is 2. The van der Waals surface area contributed by atoms with Crippen LogP contribution in [0.4, 0.5) is 0 Å².